The molecule has 1 atom stereocenters. The van der Waals surface area contributed by atoms with E-state index in [1.165, 1.54) is 19.1 Å². The Morgan fingerprint density at radius 2 is 1.74 bits per heavy atom. The number of pyridine rings is 1. The Balaban J connectivity index is 1.66. The van der Waals surface area contributed by atoms with E-state index in [2.05, 4.69) is 15.6 Å². The summed E-state index contributed by atoms with van der Waals surface area (Å²) in [6.07, 6.45) is 6.98. The number of amides is 3. The van der Waals surface area contributed by atoms with E-state index < -0.39 is 6.04 Å². The van der Waals surface area contributed by atoms with Gasteiger partial charge in [0.05, 0.1) is 19.9 Å². The molecule has 42 heavy (non-hydrogen) atoms. The largest absolute Gasteiger partial charge is 0.497 e. The smallest absolute Gasteiger partial charge is 0.248 e. The van der Waals surface area contributed by atoms with Gasteiger partial charge in [-0.3, -0.25) is 19.3 Å². The summed E-state index contributed by atoms with van der Waals surface area (Å²) in [5.74, 6) is 0.457. The summed E-state index contributed by atoms with van der Waals surface area (Å²) < 4.78 is 11.1. The number of rotatable bonds is 12. The van der Waals surface area contributed by atoms with E-state index in [0.717, 1.165) is 32.1 Å². The van der Waals surface area contributed by atoms with Gasteiger partial charge in [-0.05, 0) is 61.2 Å². The molecule has 0 spiro atoms. The van der Waals surface area contributed by atoms with Crippen LogP contribution in [0.25, 0.3) is 0 Å². The number of methoxy groups -OCH3 is 2. The Morgan fingerprint density at radius 1 is 0.976 bits per heavy atom. The molecular weight excluding hydrogens is 556 g/mol. The number of nitrogens with one attached hydrogen (secondary N) is 2. The molecule has 3 aromatic rings. The van der Waals surface area contributed by atoms with Gasteiger partial charge in [-0.2, -0.15) is 0 Å². The van der Waals surface area contributed by atoms with Crippen molar-refractivity contribution in [1.82, 2.24) is 10.3 Å². The number of ether oxygens (including phenoxy) is 2. The maximum absolute atomic E-state index is 14.1. The molecule has 0 bridgehead atoms. The van der Waals surface area contributed by atoms with E-state index in [-0.39, 0.29) is 43.0 Å². The summed E-state index contributed by atoms with van der Waals surface area (Å²) in [5.41, 5.74) is 0.984. The molecule has 4 rings (SSSR count). The van der Waals surface area contributed by atoms with E-state index in [0.29, 0.717) is 33.6 Å². The third-order valence-electron chi connectivity index (χ3n) is 7.28. The maximum atomic E-state index is 14.1. The second-order valence-corrected chi connectivity index (χ2v) is 10.7. The highest BCUT2D eigenvalue weighted by Gasteiger charge is 2.35. The van der Waals surface area contributed by atoms with Gasteiger partial charge in [0, 0.05) is 36.2 Å². The van der Waals surface area contributed by atoms with Crippen LogP contribution in [0.2, 0.25) is 5.02 Å². The molecule has 1 aliphatic carbocycles. The SMILES string of the molecule is COc1ccc(OC)c(N(C(=O)CCCC(=O)Nc2ccccn2)C(C(=O)NC2CCCCC2)c2ccc(Cl)cc2)c1. The first-order valence-corrected chi connectivity index (χ1v) is 14.6. The molecule has 1 unspecified atom stereocenters. The summed E-state index contributed by atoms with van der Waals surface area (Å²) in [7, 11) is 3.04. The van der Waals surface area contributed by atoms with E-state index in [9.17, 15) is 14.4 Å². The zero-order chi connectivity index (χ0) is 29.9. The Kier molecular flexibility index (Phi) is 11.2. The van der Waals surface area contributed by atoms with E-state index in [1.807, 2.05) is 0 Å². The molecular formula is C32H37ClN4O5. The normalized spacial score (nSPS) is 14.0. The Morgan fingerprint density at radius 3 is 2.40 bits per heavy atom. The molecule has 2 N–H and O–H groups in total. The maximum Gasteiger partial charge on any atom is 0.248 e. The number of hydrogen-bond donors (Lipinski definition) is 2. The predicted octanol–water partition coefficient (Wildman–Crippen LogP) is 6.08. The van der Waals surface area contributed by atoms with Crippen molar-refractivity contribution in [3.05, 3.63) is 77.4 Å². The van der Waals surface area contributed by atoms with Crippen molar-refractivity contribution in [2.45, 2.75) is 63.5 Å². The fourth-order valence-corrected chi connectivity index (χ4v) is 5.28. The molecule has 1 saturated carbocycles. The zero-order valence-electron chi connectivity index (χ0n) is 24.0. The fraction of sp³-hybridized carbons (Fsp3) is 0.375. The highest BCUT2D eigenvalue weighted by atomic mass is 35.5. The Labute approximate surface area is 251 Å². The van der Waals surface area contributed by atoms with Crippen LogP contribution in [-0.2, 0) is 14.4 Å². The molecule has 0 saturated heterocycles. The van der Waals surface area contributed by atoms with Gasteiger partial charge in [-0.1, -0.05) is 49.1 Å². The highest BCUT2D eigenvalue weighted by molar-refractivity contribution is 6.30. The van der Waals surface area contributed by atoms with Crippen molar-refractivity contribution in [1.29, 1.82) is 0 Å². The van der Waals surface area contributed by atoms with Gasteiger partial charge in [-0.15, -0.1) is 0 Å². The van der Waals surface area contributed by atoms with Crippen LogP contribution in [0, 0.1) is 0 Å². The number of hydrogen-bond acceptors (Lipinski definition) is 6. The molecule has 2 aromatic carbocycles. The van der Waals surface area contributed by atoms with Crippen LogP contribution in [0.3, 0.4) is 0 Å². The molecule has 3 amide bonds. The molecule has 1 aromatic heterocycles. The lowest BCUT2D eigenvalue weighted by Crippen LogP contribution is -2.47. The minimum Gasteiger partial charge on any atom is -0.497 e. The average molecular weight is 593 g/mol. The first kappa shape index (κ1) is 30.8. The highest BCUT2D eigenvalue weighted by Crippen LogP contribution is 2.39. The molecule has 1 aliphatic rings. The number of nitrogens with zero attached hydrogens (tertiary/aromatic N) is 2. The van der Waals surface area contributed by atoms with Crippen LogP contribution in [-0.4, -0.2) is 43.0 Å². The van der Waals surface area contributed by atoms with Crippen LogP contribution < -0.4 is 25.0 Å². The van der Waals surface area contributed by atoms with Crippen molar-refractivity contribution in [3.63, 3.8) is 0 Å². The molecule has 9 nitrogen and oxygen atoms in total. The fourth-order valence-electron chi connectivity index (χ4n) is 5.15. The van der Waals surface area contributed by atoms with Crippen LogP contribution >= 0.6 is 11.6 Å². The lowest BCUT2D eigenvalue weighted by Gasteiger charge is -2.34. The van der Waals surface area contributed by atoms with Gasteiger partial charge in [0.15, 0.2) is 0 Å². The summed E-state index contributed by atoms with van der Waals surface area (Å²) in [5, 5.41) is 6.45. The van der Waals surface area contributed by atoms with Crippen molar-refractivity contribution >= 4 is 40.8 Å². The van der Waals surface area contributed by atoms with Gasteiger partial charge in [0.1, 0.15) is 23.4 Å². The van der Waals surface area contributed by atoms with Gasteiger partial charge in [0.25, 0.3) is 0 Å². The van der Waals surface area contributed by atoms with Gasteiger partial charge in [0.2, 0.25) is 17.7 Å². The summed E-state index contributed by atoms with van der Waals surface area (Å²) >= 11 is 6.19. The van der Waals surface area contributed by atoms with E-state index in [1.54, 1.807) is 66.9 Å². The molecule has 10 heteroatoms. The lowest BCUT2D eigenvalue weighted by atomic mass is 9.94. The standard InChI is InChI=1S/C32H37ClN4O5/c1-41-25-18-19-27(42-2)26(21-25)37(30(39)13-8-12-29(38)36-28-11-6-7-20-34-28)31(22-14-16-23(33)17-15-22)32(40)35-24-9-4-3-5-10-24/h6-7,11,14-21,24,31H,3-5,8-10,12-13H2,1-2H3,(H,35,40)(H,34,36,38). The lowest BCUT2D eigenvalue weighted by molar-refractivity contribution is -0.127. The van der Waals surface area contributed by atoms with Gasteiger partial charge < -0.3 is 20.1 Å². The van der Waals surface area contributed by atoms with E-state index in [4.69, 9.17) is 21.1 Å². The summed E-state index contributed by atoms with van der Waals surface area (Å²) in [4.78, 5) is 46.3. The van der Waals surface area contributed by atoms with Crippen LogP contribution in [0.4, 0.5) is 11.5 Å². The number of benzene rings is 2. The first-order valence-electron chi connectivity index (χ1n) is 14.2. The second-order valence-electron chi connectivity index (χ2n) is 10.2. The number of halogens is 1. The van der Waals surface area contributed by atoms with Crippen LogP contribution in [0.1, 0.15) is 63.0 Å². The van der Waals surface area contributed by atoms with Crippen LogP contribution in [0.15, 0.2) is 66.9 Å². The number of carbonyl (C=O) groups is 3. The Hall–Kier alpha value is -4.11. The van der Waals surface area contributed by atoms with Crippen molar-refractivity contribution in [2.24, 2.45) is 0 Å². The molecule has 222 valence electrons. The third-order valence-corrected chi connectivity index (χ3v) is 7.54. The summed E-state index contributed by atoms with van der Waals surface area (Å²) in [6, 6.07) is 16.3. The Bertz CT molecular complexity index is 1350. The quantitative estimate of drug-likeness (QED) is 0.264. The van der Waals surface area contributed by atoms with E-state index >= 15 is 0 Å². The number of carbonyl (C=O) groups excluding carboxylic acids is 3. The number of anilines is 2. The van der Waals surface area contributed by atoms with Crippen molar-refractivity contribution < 1.29 is 23.9 Å². The average Bonchev–Trinajstić information content (AvgIpc) is 3.01. The topological polar surface area (TPSA) is 110 Å². The summed E-state index contributed by atoms with van der Waals surface area (Å²) in [6.45, 7) is 0. The van der Waals surface area contributed by atoms with Crippen molar-refractivity contribution in [2.75, 3.05) is 24.4 Å². The molecule has 1 heterocycles. The zero-order valence-corrected chi connectivity index (χ0v) is 24.7. The molecule has 0 aliphatic heterocycles. The number of aromatic nitrogens is 1. The minimum absolute atomic E-state index is 0.0107. The second kappa shape index (κ2) is 15.2. The predicted molar refractivity (Wildman–Crippen MR) is 163 cm³/mol. The van der Waals surface area contributed by atoms with Crippen LogP contribution in [0.5, 0.6) is 11.5 Å². The minimum atomic E-state index is -1.01. The van der Waals surface area contributed by atoms with Gasteiger partial charge in [-0.25, -0.2) is 4.98 Å². The van der Waals surface area contributed by atoms with Gasteiger partial charge >= 0.3 is 0 Å². The molecule has 1 fully saturated rings. The monoisotopic (exact) mass is 592 g/mol. The first-order chi connectivity index (χ1) is 20.4. The molecule has 0 radical (unpaired) electrons. The van der Waals surface area contributed by atoms with Crippen molar-refractivity contribution in [3.8, 4) is 11.5 Å². The third kappa shape index (κ3) is 8.22.